The quantitative estimate of drug-likeness (QED) is 0.152. The molecule has 0 aliphatic carbocycles. The van der Waals surface area contributed by atoms with Gasteiger partial charge in [-0.25, -0.2) is 33.7 Å². The first-order valence-corrected chi connectivity index (χ1v) is 12.4. The Morgan fingerprint density at radius 1 is 0.455 bits per heavy atom. The molecule has 0 aromatic rings. The summed E-state index contributed by atoms with van der Waals surface area (Å²) in [5, 5.41) is 0. The van der Waals surface area contributed by atoms with Crippen molar-refractivity contribution in [2.75, 3.05) is 26.4 Å². The van der Waals surface area contributed by atoms with Gasteiger partial charge in [0.1, 0.15) is 0 Å². The monoisotopic (exact) mass is 560 g/mol. The summed E-state index contributed by atoms with van der Waals surface area (Å²) in [7, 11) is -18.0. The minimum atomic E-state index is -4.51. The van der Waals surface area contributed by atoms with E-state index in [1.165, 1.54) is 24.3 Å². The maximum Gasteiger partial charge on any atom is 4.00 e. The summed E-state index contributed by atoms with van der Waals surface area (Å²) >= 11 is 0. The molecule has 0 unspecified atom stereocenters. The van der Waals surface area contributed by atoms with Gasteiger partial charge in [0.15, 0.2) is 0 Å². The van der Waals surface area contributed by atoms with Gasteiger partial charge < -0.3 is 18.2 Å². The van der Waals surface area contributed by atoms with Gasteiger partial charge in [0.05, 0.1) is 26.4 Å². The van der Waals surface area contributed by atoms with E-state index in [0.29, 0.717) is 0 Å². The second kappa shape index (κ2) is 22.2. The van der Waals surface area contributed by atoms with E-state index in [2.05, 4.69) is 43.0 Å². The van der Waals surface area contributed by atoms with Crippen LogP contribution in [0.2, 0.25) is 0 Å². The minimum Gasteiger partial charge on any atom is -0.726 e. The second-order valence-electron chi connectivity index (χ2n) is 3.93. The van der Waals surface area contributed by atoms with Gasteiger partial charge in [-0.15, -0.1) is 26.3 Å². The van der Waals surface area contributed by atoms with Crippen molar-refractivity contribution < 1.29 is 68.6 Å². The van der Waals surface area contributed by atoms with Crippen LogP contribution in [0.3, 0.4) is 0 Å². The van der Waals surface area contributed by atoms with Crippen molar-refractivity contribution in [1.29, 1.82) is 0 Å². The molecule has 20 heteroatoms. The third-order valence-electron chi connectivity index (χ3n) is 1.32. The van der Waals surface area contributed by atoms with Crippen molar-refractivity contribution in [3.63, 3.8) is 0 Å². The Hall–Kier alpha value is -1.56. The normalized spacial score (nSPS) is 10.8. The minimum absolute atomic E-state index is 0. The summed E-state index contributed by atoms with van der Waals surface area (Å²) in [6, 6.07) is 0. The molecule has 0 bridgehead atoms. The molecular weight excluding hydrogens is 540 g/mol. The molecule has 0 aliphatic heterocycles. The summed E-state index contributed by atoms with van der Waals surface area (Å²) in [6.07, 6.45) is 4.70. The number of rotatable bonds is 12. The predicted octanol–water partition coefficient (Wildman–Crippen LogP) is -1.32. The molecule has 0 N–H and O–H groups in total. The van der Waals surface area contributed by atoms with Gasteiger partial charge in [0.2, 0.25) is 41.6 Å². The molecule has 0 saturated carbocycles. The van der Waals surface area contributed by atoms with Crippen molar-refractivity contribution >= 4 is 41.6 Å². The van der Waals surface area contributed by atoms with E-state index in [0.717, 1.165) is 0 Å². The smallest absolute Gasteiger partial charge is 0.726 e. The maximum absolute atomic E-state index is 9.56. The molecule has 0 amide bonds. The first kappa shape index (κ1) is 41.7. The van der Waals surface area contributed by atoms with Crippen molar-refractivity contribution in [2.24, 2.45) is 0 Å². The fourth-order valence-corrected chi connectivity index (χ4v) is 1.58. The molecule has 0 rings (SSSR count). The van der Waals surface area contributed by atoms with Crippen LogP contribution in [0.15, 0.2) is 50.6 Å². The topological polar surface area (TPSA) is 266 Å². The first-order valence-electron chi connectivity index (χ1n) is 7.09. The molecule has 0 aromatic carbocycles. The zero-order valence-corrected chi connectivity index (χ0v) is 19.9. The summed E-state index contributed by atoms with van der Waals surface area (Å²) in [6.45, 7) is 11.5. The largest absolute Gasteiger partial charge is 4.00 e. The molecule has 0 radical (unpaired) electrons. The zero-order chi connectivity index (χ0) is 26.5. The van der Waals surface area contributed by atoms with E-state index in [4.69, 9.17) is 0 Å². The fourth-order valence-electron chi connectivity index (χ4n) is 0.526. The SMILES string of the molecule is C=CCOS(=O)(=O)[O-].C=CCOS(=O)(=O)[O-].C=CCOS(=O)(=O)[O-].C=CCOS(=O)(=O)[O-].[C+4]. The molecule has 192 valence electrons. The van der Waals surface area contributed by atoms with Gasteiger partial charge in [-0.3, -0.25) is 16.7 Å². The van der Waals surface area contributed by atoms with E-state index < -0.39 is 41.6 Å². The van der Waals surface area contributed by atoms with Crippen LogP contribution in [0.4, 0.5) is 0 Å². The Bertz CT molecular complexity index is 786. The predicted molar refractivity (Wildman–Crippen MR) is 107 cm³/mol. The van der Waals surface area contributed by atoms with Gasteiger partial charge >= 0.3 is 7.43 Å². The maximum atomic E-state index is 9.56. The van der Waals surface area contributed by atoms with Crippen LogP contribution < -0.4 is 0 Å². The Kier molecular flexibility index (Phi) is 28.1. The average Bonchev–Trinajstić information content (AvgIpc) is 2.60. The van der Waals surface area contributed by atoms with Crippen LogP contribution in [-0.4, -0.2) is 78.3 Å². The molecular formula is C13H20O16S4. The summed E-state index contributed by atoms with van der Waals surface area (Å²) in [5.41, 5.74) is 0. The third kappa shape index (κ3) is 72.4. The van der Waals surface area contributed by atoms with Crippen LogP contribution >= 0.6 is 0 Å². The zero-order valence-electron chi connectivity index (χ0n) is 16.6. The van der Waals surface area contributed by atoms with Gasteiger partial charge in [0, 0.05) is 0 Å². The van der Waals surface area contributed by atoms with E-state index in [9.17, 15) is 51.9 Å². The summed E-state index contributed by atoms with van der Waals surface area (Å²) < 4.78 is 129. The third-order valence-corrected chi connectivity index (χ3v) is 3.02. The Morgan fingerprint density at radius 2 is 0.576 bits per heavy atom. The van der Waals surface area contributed by atoms with Gasteiger partial charge in [-0.05, 0) is 0 Å². The van der Waals surface area contributed by atoms with Crippen LogP contribution in [0, 0.1) is 7.43 Å². The summed E-state index contributed by atoms with van der Waals surface area (Å²) in [5.74, 6) is 0. The fraction of sp³-hybridized carbons (Fsp3) is 0.308. The molecule has 0 saturated heterocycles. The molecule has 0 aromatic heterocycles. The van der Waals surface area contributed by atoms with Gasteiger partial charge in [-0.1, -0.05) is 24.3 Å². The molecule has 33 heavy (non-hydrogen) atoms. The molecule has 0 heterocycles. The van der Waals surface area contributed by atoms with E-state index in [-0.39, 0.29) is 33.9 Å². The van der Waals surface area contributed by atoms with Crippen LogP contribution in [-0.2, 0) is 58.3 Å². The van der Waals surface area contributed by atoms with Crippen molar-refractivity contribution in [1.82, 2.24) is 0 Å². The Balaban J connectivity index is -0.000000105. The average molecular weight is 561 g/mol. The Morgan fingerprint density at radius 3 is 0.606 bits per heavy atom. The van der Waals surface area contributed by atoms with Crippen molar-refractivity contribution in [3.8, 4) is 0 Å². The molecule has 0 spiro atoms. The Labute approximate surface area is 194 Å². The second-order valence-corrected chi connectivity index (χ2v) is 8.13. The van der Waals surface area contributed by atoms with E-state index in [1.54, 1.807) is 0 Å². The molecule has 0 fully saturated rings. The van der Waals surface area contributed by atoms with Gasteiger partial charge in [0.25, 0.3) is 0 Å². The standard InChI is InChI=1S/4C3H6O4S.C/c4*1-2-3-7-8(4,5)6;/h4*2H,1,3H2,(H,4,5,6);/q;;;;+4/p-4. The molecule has 0 atom stereocenters. The summed E-state index contributed by atoms with van der Waals surface area (Å²) in [4.78, 5) is 0. The van der Waals surface area contributed by atoms with Crippen LogP contribution in [0.25, 0.3) is 0 Å². The number of hydrogen-bond acceptors (Lipinski definition) is 16. The van der Waals surface area contributed by atoms with Crippen LogP contribution in [0.5, 0.6) is 0 Å². The van der Waals surface area contributed by atoms with Crippen LogP contribution in [0.1, 0.15) is 0 Å². The first-order chi connectivity index (χ1) is 14.2. The molecule has 16 nitrogen and oxygen atoms in total. The van der Waals surface area contributed by atoms with Gasteiger partial charge in [-0.2, -0.15) is 0 Å². The van der Waals surface area contributed by atoms with E-state index >= 15 is 0 Å². The van der Waals surface area contributed by atoms with E-state index in [1.807, 2.05) is 0 Å². The number of hydrogen-bond donors (Lipinski definition) is 0. The van der Waals surface area contributed by atoms with Crippen molar-refractivity contribution in [2.45, 2.75) is 0 Å². The van der Waals surface area contributed by atoms with Crippen molar-refractivity contribution in [3.05, 3.63) is 58.0 Å². The molecule has 0 aliphatic rings.